The van der Waals surface area contributed by atoms with Crippen molar-refractivity contribution in [2.45, 2.75) is 39.2 Å². The molecule has 1 aliphatic carbocycles. The first-order valence-electron chi connectivity index (χ1n) is 9.27. The lowest BCUT2D eigenvalue weighted by molar-refractivity contribution is 0.0320. The van der Waals surface area contributed by atoms with Gasteiger partial charge < -0.3 is 9.72 Å². The summed E-state index contributed by atoms with van der Waals surface area (Å²) < 4.78 is 5.46. The number of carbonyl (C=O) groups is 2. The topological polar surface area (TPSA) is 89.1 Å². The monoisotopic (exact) mass is 396 g/mol. The summed E-state index contributed by atoms with van der Waals surface area (Å²) in [7, 11) is 0. The van der Waals surface area contributed by atoms with Crippen LogP contribution in [-0.4, -0.2) is 22.2 Å². The van der Waals surface area contributed by atoms with Crippen LogP contribution in [0.25, 0.3) is 10.2 Å². The van der Waals surface area contributed by atoms with E-state index in [1.165, 1.54) is 17.0 Å². The first kappa shape index (κ1) is 18.6. The van der Waals surface area contributed by atoms with Crippen molar-refractivity contribution in [3.05, 3.63) is 62.0 Å². The summed E-state index contributed by atoms with van der Waals surface area (Å²) in [4.78, 5) is 45.1. The molecule has 1 N–H and O–H groups in total. The highest BCUT2D eigenvalue weighted by Gasteiger charge is 2.24. The minimum atomic E-state index is -0.701. The van der Waals surface area contributed by atoms with Crippen molar-refractivity contribution < 1.29 is 14.3 Å². The van der Waals surface area contributed by atoms with Gasteiger partial charge >= 0.3 is 5.97 Å². The van der Waals surface area contributed by atoms with Gasteiger partial charge in [-0.2, -0.15) is 0 Å². The lowest BCUT2D eigenvalue weighted by Gasteiger charge is -2.17. The van der Waals surface area contributed by atoms with Crippen molar-refractivity contribution in [3.63, 3.8) is 0 Å². The Morgan fingerprint density at radius 2 is 2.11 bits per heavy atom. The molecule has 0 spiro atoms. The highest BCUT2D eigenvalue weighted by atomic mass is 32.1. The quantitative estimate of drug-likeness (QED) is 0.535. The number of aryl methyl sites for hydroxylation is 1. The number of aldehydes is 1. The van der Waals surface area contributed by atoms with Crippen LogP contribution in [0.1, 0.15) is 63.4 Å². The van der Waals surface area contributed by atoms with E-state index in [-0.39, 0.29) is 5.56 Å². The number of H-pyrrole nitrogens is 1. The highest BCUT2D eigenvalue weighted by molar-refractivity contribution is 7.18. The van der Waals surface area contributed by atoms with Gasteiger partial charge in [0.15, 0.2) is 11.9 Å². The Kier molecular flexibility index (Phi) is 4.85. The first-order chi connectivity index (χ1) is 13.5. The van der Waals surface area contributed by atoms with E-state index >= 15 is 0 Å². The second-order valence-electron chi connectivity index (χ2n) is 7.27. The molecule has 1 aliphatic rings. The molecule has 7 heteroatoms. The maximum absolute atomic E-state index is 12.7. The van der Waals surface area contributed by atoms with E-state index in [0.717, 1.165) is 24.8 Å². The van der Waals surface area contributed by atoms with E-state index in [9.17, 15) is 14.4 Å². The van der Waals surface area contributed by atoms with Crippen LogP contribution in [0.4, 0.5) is 0 Å². The second kappa shape index (κ2) is 7.31. The Hall–Kier alpha value is -2.80. The molecule has 2 atom stereocenters. The summed E-state index contributed by atoms with van der Waals surface area (Å²) in [5.74, 6) is 0.415. The van der Waals surface area contributed by atoms with E-state index < -0.39 is 12.1 Å². The van der Waals surface area contributed by atoms with E-state index in [2.05, 4.69) is 16.9 Å². The molecule has 6 nitrogen and oxygen atoms in total. The van der Waals surface area contributed by atoms with Gasteiger partial charge in [0, 0.05) is 10.4 Å². The average Bonchev–Trinajstić information content (AvgIpc) is 3.05. The summed E-state index contributed by atoms with van der Waals surface area (Å²) in [6.45, 7) is 3.90. The minimum Gasteiger partial charge on any atom is -0.451 e. The Morgan fingerprint density at radius 1 is 1.36 bits per heavy atom. The molecule has 0 saturated heterocycles. The molecule has 144 valence electrons. The lowest BCUT2D eigenvalue weighted by atomic mass is 9.89. The van der Waals surface area contributed by atoms with E-state index in [0.29, 0.717) is 39.4 Å². The average molecular weight is 396 g/mol. The molecule has 2 heterocycles. The summed E-state index contributed by atoms with van der Waals surface area (Å²) in [6.07, 6.45) is 2.97. The third-order valence-electron chi connectivity index (χ3n) is 5.14. The number of ether oxygens (including phenoxy) is 1. The third kappa shape index (κ3) is 3.38. The number of esters is 1. The largest absolute Gasteiger partial charge is 0.451 e. The molecule has 0 bridgehead atoms. The molecular weight excluding hydrogens is 376 g/mol. The van der Waals surface area contributed by atoms with Crippen LogP contribution in [0.3, 0.4) is 0 Å². The number of nitrogens with one attached hydrogen (secondary N) is 1. The fourth-order valence-electron chi connectivity index (χ4n) is 3.54. The van der Waals surface area contributed by atoms with Gasteiger partial charge in [-0.3, -0.25) is 9.59 Å². The van der Waals surface area contributed by atoms with Gasteiger partial charge in [-0.05, 0) is 49.8 Å². The predicted octanol–water partition coefficient (Wildman–Crippen LogP) is 3.84. The van der Waals surface area contributed by atoms with Gasteiger partial charge in [-0.1, -0.05) is 19.1 Å². The number of aromatic amines is 1. The van der Waals surface area contributed by atoms with Gasteiger partial charge in [0.1, 0.15) is 11.1 Å². The Morgan fingerprint density at radius 3 is 2.82 bits per heavy atom. The van der Waals surface area contributed by atoms with E-state index in [1.807, 2.05) is 0 Å². The fraction of sp³-hybridized carbons (Fsp3) is 0.333. The van der Waals surface area contributed by atoms with Crippen molar-refractivity contribution in [2.24, 2.45) is 5.92 Å². The number of fused-ring (bicyclic) bond motifs is 3. The molecule has 0 unspecified atom stereocenters. The van der Waals surface area contributed by atoms with E-state index in [1.54, 1.807) is 30.4 Å². The maximum atomic E-state index is 12.7. The van der Waals surface area contributed by atoms with Crippen LogP contribution in [0.15, 0.2) is 29.1 Å². The number of thiophene rings is 1. The second-order valence-corrected chi connectivity index (χ2v) is 8.35. The Labute approximate surface area is 165 Å². The number of hydrogen-bond acceptors (Lipinski definition) is 6. The van der Waals surface area contributed by atoms with Crippen LogP contribution >= 0.6 is 11.3 Å². The van der Waals surface area contributed by atoms with Crippen LogP contribution in [0.2, 0.25) is 0 Å². The van der Waals surface area contributed by atoms with Crippen LogP contribution in [0.5, 0.6) is 0 Å². The van der Waals surface area contributed by atoms with Gasteiger partial charge in [-0.25, -0.2) is 9.78 Å². The zero-order chi connectivity index (χ0) is 19.8. The molecule has 0 fully saturated rings. The summed E-state index contributed by atoms with van der Waals surface area (Å²) in [5, 5.41) is 0.679. The summed E-state index contributed by atoms with van der Waals surface area (Å²) in [6, 6.07) is 6.18. The third-order valence-corrected chi connectivity index (χ3v) is 6.28. The normalized spacial score (nSPS) is 17.1. The Bertz CT molecular complexity index is 1110. The molecule has 1 aromatic carbocycles. The fourth-order valence-corrected chi connectivity index (χ4v) is 4.93. The number of nitrogens with zero attached hydrogens (tertiary/aromatic N) is 1. The van der Waals surface area contributed by atoms with Crippen LogP contribution < -0.4 is 5.56 Å². The smallest absolute Gasteiger partial charge is 0.338 e. The number of hydrogen-bond donors (Lipinski definition) is 1. The molecule has 28 heavy (non-hydrogen) atoms. The van der Waals surface area contributed by atoms with Crippen molar-refractivity contribution in [2.75, 3.05) is 0 Å². The van der Waals surface area contributed by atoms with Crippen molar-refractivity contribution in [1.82, 2.24) is 9.97 Å². The zero-order valence-corrected chi connectivity index (χ0v) is 16.5. The molecule has 0 saturated carbocycles. The van der Waals surface area contributed by atoms with Crippen molar-refractivity contribution >= 4 is 33.8 Å². The van der Waals surface area contributed by atoms with Crippen LogP contribution in [-0.2, 0) is 17.6 Å². The molecule has 0 aliphatic heterocycles. The maximum Gasteiger partial charge on any atom is 0.338 e. The highest BCUT2D eigenvalue weighted by Crippen LogP contribution is 2.36. The lowest BCUT2D eigenvalue weighted by Crippen LogP contribution is -2.18. The van der Waals surface area contributed by atoms with Gasteiger partial charge in [-0.15, -0.1) is 11.3 Å². The first-order valence-corrected chi connectivity index (χ1v) is 10.1. The predicted molar refractivity (Wildman–Crippen MR) is 107 cm³/mol. The number of aromatic nitrogens is 2. The Balaban J connectivity index is 1.60. The minimum absolute atomic E-state index is 0.176. The molecule has 2 aromatic heterocycles. The number of rotatable bonds is 4. The molecule has 3 aromatic rings. The molecular formula is C21H20N2O4S. The number of benzene rings is 1. The SMILES string of the molecule is C[C@H]1CCc2c(sc3nc([C@@H](C)OC(=O)c4ccc(C=O)cc4)[nH]c(=O)c23)C1. The molecule has 0 radical (unpaired) electrons. The van der Waals surface area contributed by atoms with Gasteiger partial charge in [0.05, 0.1) is 10.9 Å². The van der Waals surface area contributed by atoms with E-state index in [4.69, 9.17) is 4.74 Å². The van der Waals surface area contributed by atoms with Gasteiger partial charge in [0.2, 0.25) is 0 Å². The molecule has 4 rings (SSSR count). The molecule has 0 amide bonds. The van der Waals surface area contributed by atoms with Gasteiger partial charge in [0.25, 0.3) is 5.56 Å². The van der Waals surface area contributed by atoms with Crippen molar-refractivity contribution in [3.8, 4) is 0 Å². The summed E-state index contributed by atoms with van der Waals surface area (Å²) >= 11 is 1.56. The summed E-state index contributed by atoms with van der Waals surface area (Å²) in [5.41, 5.74) is 1.77. The zero-order valence-electron chi connectivity index (χ0n) is 15.7. The van der Waals surface area contributed by atoms with Crippen molar-refractivity contribution in [1.29, 1.82) is 0 Å². The standard InChI is InChI=1S/C21H20N2O4S/c1-11-3-8-15-16(9-11)28-20-17(15)19(25)22-18(23-20)12(2)27-21(26)14-6-4-13(10-24)5-7-14/h4-7,10-12H,3,8-9H2,1-2H3,(H,22,23,25)/t11-,12+/m0/s1. The van der Waals surface area contributed by atoms with Crippen LogP contribution in [0, 0.1) is 5.92 Å². The number of carbonyl (C=O) groups excluding carboxylic acids is 2.